The van der Waals surface area contributed by atoms with Crippen LogP contribution in [0.1, 0.15) is 23.6 Å². The lowest BCUT2D eigenvalue weighted by molar-refractivity contribution is -0.121. The van der Waals surface area contributed by atoms with Crippen LogP contribution in [0.3, 0.4) is 0 Å². The minimum absolute atomic E-state index is 0.211. The second-order valence-corrected chi connectivity index (χ2v) is 6.03. The van der Waals surface area contributed by atoms with E-state index in [1.54, 1.807) is 13.1 Å². The fourth-order valence-corrected chi connectivity index (χ4v) is 2.54. The molecule has 2 N–H and O–H groups in total. The van der Waals surface area contributed by atoms with Gasteiger partial charge in [-0.3, -0.25) is 4.79 Å². The number of carbonyl (C=O) groups excluding carboxylic acids is 1. The molecular weight excluding hydrogens is 318 g/mol. The third kappa shape index (κ3) is 4.09. The zero-order valence-corrected chi connectivity index (χ0v) is 14.5. The van der Waals surface area contributed by atoms with Gasteiger partial charge in [0.15, 0.2) is 11.5 Å². The molecule has 1 amide bonds. The number of nitrogens with zero attached hydrogens (tertiary/aromatic N) is 1. The Morgan fingerprint density at radius 3 is 2.76 bits per heavy atom. The Hall–Kier alpha value is -3.02. The Kier molecular flexibility index (Phi) is 4.88. The van der Waals surface area contributed by atoms with Crippen molar-refractivity contribution in [3.05, 3.63) is 53.1 Å². The number of ether oxygens (including phenoxy) is 2. The van der Waals surface area contributed by atoms with Crippen molar-refractivity contribution in [2.24, 2.45) is 5.10 Å². The second kappa shape index (κ2) is 7.25. The number of fused-ring (bicyclic) bond motifs is 1. The molecule has 1 aliphatic heterocycles. The van der Waals surface area contributed by atoms with Gasteiger partial charge in [-0.2, -0.15) is 5.10 Å². The molecule has 1 heterocycles. The van der Waals surface area contributed by atoms with Crippen LogP contribution >= 0.6 is 0 Å². The summed E-state index contributed by atoms with van der Waals surface area (Å²) in [4.78, 5) is 12.2. The smallest absolute Gasteiger partial charge is 0.262 e. The minimum Gasteiger partial charge on any atom is -0.454 e. The standard InChI is InChI=1S/C19H21N3O3/c1-12-4-6-16(13(2)8-12)21-14(3)19(23)22-20-10-15-5-7-17-18(9-15)25-11-24-17/h4-10,14,21H,11H2,1-3H3,(H,22,23)/b20-10+. The first-order valence-electron chi connectivity index (χ1n) is 8.09. The molecule has 1 unspecified atom stereocenters. The van der Waals surface area contributed by atoms with Crippen LogP contribution in [-0.4, -0.2) is 25.0 Å². The quantitative estimate of drug-likeness (QED) is 0.649. The summed E-state index contributed by atoms with van der Waals surface area (Å²) in [5.41, 5.74) is 6.59. The molecule has 0 spiro atoms. The summed E-state index contributed by atoms with van der Waals surface area (Å²) in [5, 5.41) is 7.20. The Morgan fingerprint density at radius 2 is 1.96 bits per heavy atom. The van der Waals surface area contributed by atoms with Crippen molar-refractivity contribution in [2.75, 3.05) is 12.1 Å². The molecule has 3 rings (SSSR count). The van der Waals surface area contributed by atoms with E-state index >= 15 is 0 Å². The van der Waals surface area contributed by atoms with Crippen molar-refractivity contribution in [1.29, 1.82) is 0 Å². The van der Waals surface area contributed by atoms with Crippen molar-refractivity contribution in [3.8, 4) is 11.5 Å². The number of anilines is 1. The third-order valence-electron chi connectivity index (χ3n) is 3.93. The first-order valence-corrected chi connectivity index (χ1v) is 8.09. The molecule has 1 atom stereocenters. The van der Waals surface area contributed by atoms with E-state index in [0.29, 0.717) is 11.5 Å². The van der Waals surface area contributed by atoms with Crippen molar-refractivity contribution >= 4 is 17.8 Å². The van der Waals surface area contributed by atoms with Gasteiger partial charge in [-0.15, -0.1) is 0 Å². The van der Waals surface area contributed by atoms with Crippen LogP contribution in [0.15, 0.2) is 41.5 Å². The van der Waals surface area contributed by atoms with Crippen LogP contribution in [0.2, 0.25) is 0 Å². The maximum atomic E-state index is 12.2. The van der Waals surface area contributed by atoms with Gasteiger partial charge >= 0.3 is 0 Å². The first kappa shape index (κ1) is 16.8. The molecule has 25 heavy (non-hydrogen) atoms. The van der Waals surface area contributed by atoms with Crippen LogP contribution in [-0.2, 0) is 4.79 Å². The number of carbonyl (C=O) groups is 1. The Bertz CT molecular complexity index is 818. The van der Waals surface area contributed by atoms with E-state index in [4.69, 9.17) is 9.47 Å². The predicted molar refractivity (Wildman–Crippen MR) is 97.3 cm³/mol. The Balaban J connectivity index is 1.56. The number of rotatable bonds is 5. The summed E-state index contributed by atoms with van der Waals surface area (Å²) in [6.07, 6.45) is 1.57. The van der Waals surface area contributed by atoms with Crippen LogP contribution < -0.4 is 20.2 Å². The van der Waals surface area contributed by atoms with Crippen molar-refractivity contribution < 1.29 is 14.3 Å². The van der Waals surface area contributed by atoms with Crippen LogP contribution in [0.4, 0.5) is 5.69 Å². The molecule has 2 aromatic rings. The molecule has 6 nitrogen and oxygen atoms in total. The Labute approximate surface area is 146 Å². The fourth-order valence-electron chi connectivity index (χ4n) is 2.54. The molecule has 0 fully saturated rings. The lowest BCUT2D eigenvalue weighted by atomic mass is 10.1. The fraction of sp³-hybridized carbons (Fsp3) is 0.263. The minimum atomic E-state index is -0.407. The highest BCUT2D eigenvalue weighted by molar-refractivity contribution is 5.87. The molecule has 0 saturated carbocycles. The predicted octanol–water partition coefficient (Wildman–Crippen LogP) is 2.98. The molecule has 130 valence electrons. The van der Waals surface area contributed by atoms with Gasteiger partial charge in [-0.1, -0.05) is 17.7 Å². The van der Waals surface area contributed by atoms with Crippen LogP contribution in [0.5, 0.6) is 11.5 Å². The molecule has 2 aromatic carbocycles. The summed E-state index contributed by atoms with van der Waals surface area (Å²) in [6, 6.07) is 11.1. The molecule has 0 aliphatic carbocycles. The molecule has 0 aromatic heterocycles. The lowest BCUT2D eigenvalue weighted by Crippen LogP contribution is -2.35. The topological polar surface area (TPSA) is 72.0 Å². The van der Waals surface area contributed by atoms with Crippen molar-refractivity contribution in [1.82, 2.24) is 5.43 Å². The van der Waals surface area contributed by atoms with Gasteiger partial charge in [-0.05, 0) is 56.2 Å². The van der Waals surface area contributed by atoms with E-state index in [2.05, 4.69) is 21.9 Å². The average molecular weight is 339 g/mol. The summed E-state index contributed by atoms with van der Waals surface area (Å²) < 4.78 is 10.6. The van der Waals surface area contributed by atoms with E-state index in [-0.39, 0.29) is 12.7 Å². The first-order chi connectivity index (χ1) is 12.0. The molecule has 0 saturated heterocycles. The van der Waals surface area contributed by atoms with Crippen LogP contribution in [0.25, 0.3) is 0 Å². The van der Waals surface area contributed by atoms with Gasteiger partial charge in [0.25, 0.3) is 5.91 Å². The van der Waals surface area contributed by atoms with Gasteiger partial charge in [0.05, 0.1) is 6.21 Å². The zero-order valence-electron chi connectivity index (χ0n) is 14.5. The molecule has 0 bridgehead atoms. The van der Waals surface area contributed by atoms with Gasteiger partial charge in [0.2, 0.25) is 6.79 Å². The zero-order chi connectivity index (χ0) is 17.8. The van der Waals surface area contributed by atoms with Crippen molar-refractivity contribution in [3.63, 3.8) is 0 Å². The second-order valence-electron chi connectivity index (χ2n) is 6.03. The van der Waals surface area contributed by atoms with Gasteiger partial charge in [-0.25, -0.2) is 5.43 Å². The van der Waals surface area contributed by atoms with E-state index in [9.17, 15) is 4.79 Å². The van der Waals surface area contributed by atoms with E-state index < -0.39 is 6.04 Å². The molecule has 6 heteroatoms. The third-order valence-corrected chi connectivity index (χ3v) is 3.93. The highest BCUT2D eigenvalue weighted by Crippen LogP contribution is 2.31. The lowest BCUT2D eigenvalue weighted by Gasteiger charge is -2.15. The number of nitrogens with one attached hydrogen (secondary N) is 2. The summed E-state index contributed by atoms with van der Waals surface area (Å²) in [7, 11) is 0. The number of hydrogen-bond donors (Lipinski definition) is 2. The van der Waals surface area contributed by atoms with Gasteiger partial charge in [0, 0.05) is 5.69 Å². The summed E-state index contributed by atoms with van der Waals surface area (Å²) in [5.74, 6) is 1.18. The molecule has 0 radical (unpaired) electrons. The average Bonchev–Trinajstić information content (AvgIpc) is 3.05. The molecule has 1 aliphatic rings. The number of hydrazone groups is 1. The normalized spacial score (nSPS) is 13.7. The highest BCUT2D eigenvalue weighted by atomic mass is 16.7. The number of hydrogen-bond acceptors (Lipinski definition) is 5. The largest absolute Gasteiger partial charge is 0.454 e. The van der Waals surface area contributed by atoms with Gasteiger partial charge < -0.3 is 14.8 Å². The number of benzene rings is 2. The van der Waals surface area contributed by atoms with Crippen molar-refractivity contribution in [2.45, 2.75) is 26.8 Å². The monoisotopic (exact) mass is 339 g/mol. The Morgan fingerprint density at radius 1 is 1.16 bits per heavy atom. The number of aryl methyl sites for hydroxylation is 2. The van der Waals surface area contributed by atoms with Gasteiger partial charge in [0.1, 0.15) is 6.04 Å². The SMILES string of the molecule is Cc1ccc(NC(C)C(=O)N/N=C/c2ccc3c(c2)OCO3)c(C)c1. The van der Waals surface area contributed by atoms with E-state index in [1.807, 2.05) is 44.2 Å². The highest BCUT2D eigenvalue weighted by Gasteiger charge is 2.14. The van der Waals surface area contributed by atoms with E-state index in [0.717, 1.165) is 16.8 Å². The molecular formula is C19H21N3O3. The summed E-state index contributed by atoms with van der Waals surface area (Å²) >= 11 is 0. The summed E-state index contributed by atoms with van der Waals surface area (Å²) in [6.45, 7) is 6.08. The maximum absolute atomic E-state index is 12.2. The maximum Gasteiger partial charge on any atom is 0.262 e. The van der Waals surface area contributed by atoms with E-state index in [1.165, 1.54) is 5.56 Å². The van der Waals surface area contributed by atoms with Crippen LogP contribution in [0, 0.1) is 13.8 Å². The number of amides is 1.